The summed E-state index contributed by atoms with van der Waals surface area (Å²) in [7, 11) is -11.8. The zero-order chi connectivity index (χ0) is 46.7. The van der Waals surface area contributed by atoms with Crippen molar-refractivity contribution in [3.8, 4) is 57.4 Å². The minimum absolute atomic E-state index is 0. The van der Waals surface area contributed by atoms with E-state index >= 15 is 0 Å². The van der Waals surface area contributed by atoms with Crippen molar-refractivity contribution >= 4 is 85.3 Å². The molecular weight excluding hydrogens is 1030 g/mol. The molecule has 69 heavy (non-hydrogen) atoms. The fourth-order valence-electron chi connectivity index (χ4n) is 6.81. The SMILES string of the molecule is CCCCC#Cc1cccc2cc3c4nc5nc(nc6[n-]c(nc7nc(nc([n-]4)c3cc12)-c1ccccc1-7)c1ccccc61)-c1ccccc1-5.CS(=O)(=O)[O-].CS(=O)(=O)[O-].CS(=O)(=O)[O-].[Na+].[Na+].[Na+].[Zn+2]. The van der Waals surface area contributed by atoms with Crippen LogP contribution in [0.5, 0.6) is 0 Å². The second-order valence-corrected chi connectivity index (χ2v) is 18.8. The predicted octanol–water partition coefficient (Wildman–Crippen LogP) is -2.68. The van der Waals surface area contributed by atoms with Crippen molar-refractivity contribution in [2.45, 2.75) is 26.2 Å². The van der Waals surface area contributed by atoms with Crippen molar-refractivity contribution in [1.29, 1.82) is 0 Å². The second-order valence-electron chi connectivity index (χ2n) is 14.6. The maximum absolute atomic E-state index is 9.08. The molecule has 0 spiro atoms. The maximum atomic E-state index is 9.08. The fraction of sp³-hybridized carbons (Fsp3) is 0.156. The number of rotatable bonds is 2. The number of unbranched alkanes of at least 4 members (excludes halogenated alkanes) is 2. The average molecular weight is 1060 g/mol. The summed E-state index contributed by atoms with van der Waals surface area (Å²) in [5.74, 6) is 8.92. The van der Waals surface area contributed by atoms with Crippen molar-refractivity contribution in [1.82, 2.24) is 39.9 Å². The number of fused-ring (bicyclic) bond motifs is 21. The normalized spacial score (nSPS) is 11.1. The van der Waals surface area contributed by atoms with Crippen LogP contribution in [0.25, 0.3) is 100 Å². The van der Waals surface area contributed by atoms with Gasteiger partial charge in [0.25, 0.3) is 0 Å². The van der Waals surface area contributed by atoms with E-state index in [2.05, 4.69) is 49.1 Å². The van der Waals surface area contributed by atoms with Gasteiger partial charge in [-0.15, -0.1) is 0 Å². The van der Waals surface area contributed by atoms with Gasteiger partial charge in [0.1, 0.15) is 0 Å². The minimum Gasteiger partial charge on any atom is -0.748 e. The van der Waals surface area contributed by atoms with Gasteiger partial charge in [-0.25, -0.2) is 35.2 Å². The van der Waals surface area contributed by atoms with Crippen LogP contribution in [0, 0.1) is 11.8 Å². The van der Waals surface area contributed by atoms with E-state index in [1.54, 1.807) is 0 Å². The van der Waals surface area contributed by atoms with Crippen molar-refractivity contribution in [3.63, 3.8) is 0 Å². The van der Waals surface area contributed by atoms with Gasteiger partial charge >= 0.3 is 108 Å². The molecule has 332 valence electrons. The molecule has 0 radical (unpaired) electrons. The molecule has 5 heterocycles. The number of benzene rings is 5. The summed E-state index contributed by atoms with van der Waals surface area (Å²) < 4.78 is 81.7. The fourth-order valence-corrected chi connectivity index (χ4v) is 6.81. The summed E-state index contributed by atoms with van der Waals surface area (Å²) in [6, 6.07) is 34.5. The molecule has 0 atom stereocenters. The van der Waals surface area contributed by atoms with Crippen LogP contribution >= 0.6 is 0 Å². The van der Waals surface area contributed by atoms with Crippen LogP contribution in [0.1, 0.15) is 31.7 Å². The molecule has 0 N–H and O–H groups in total. The minimum atomic E-state index is -3.92. The van der Waals surface area contributed by atoms with Gasteiger partial charge in [-0.1, -0.05) is 110 Å². The summed E-state index contributed by atoms with van der Waals surface area (Å²) in [6.07, 6.45) is 4.87. The molecule has 0 saturated heterocycles. The molecule has 0 aliphatic carbocycles. The number of aromatic nitrogens is 8. The van der Waals surface area contributed by atoms with Gasteiger partial charge < -0.3 is 43.6 Å². The molecule has 3 aromatic heterocycles. The molecule has 2 aliphatic heterocycles. The standard InChI is InChI=1S/C42H26N8.3CH4O3S.3Na.Zn/c1-2-3-4-5-13-24-14-12-15-25-22-33-34(23-32(24)25)42-49-40-31-21-11-9-19-29(31)38(47-40)45-36-27-17-7-6-16-26(27)35(43-36)44-37-28-18-8-10-20-30(28)39(46-37)48-41(33)50-42;3*1-5(2,3)4;;;;/h6-12,14-23H,2-4H2,1H3;3*1H3,(H,2,3,4);;;;/q-2;;;;3*+1;+2/p-3. The van der Waals surface area contributed by atoms with Crippen LogP contribution in [-0.2, 0) is 49.8 Å². The molecule has 8 bridgehead atoms. The van der Waals surface area contributed by atoms with Crippen LogP contribution in [0.15, 0.2) is 103 Å². The van der Waals surface area contributed by atoms with E-state index in [0.29, 0.717) is 64.7 Å². The first-order chi connectivity index (χ1) is 30.7. The van der Waals surface area contributed by atoms with Crippen molar-refractivity contribution in [3.05, 3.63) is 109 Å². The van der Waals surface area contributed by atoms with Crippen molar-refractivity contribution < 1.29 is 147 Å². The summed E-state index contributed by atoms with van der Waals surface area (Å²) in [5, 5.41) is 5.61. The average Bonchev–Trinajstić information content (AvgIpc) is 3.95. The molecular formula is C45H35N8Na3O9S3Zn. The molecule has 0 amide bonds. The zero-order valence-corrected chi connectivity index (χ0v) is 50.0. The summed E-state index contributed by atoms with van der Waals surface area (Å²) in [4.78, 5) is 40.3. The molecule has 24 heteroatoms. The number of hydrogen-bond donors (Lipinski definition) is 0. The van der Waals surface area contributed by atoms with Gasteiger partial charge in [-0.3, -0.25) is 0 Å². The van der Waals surface area contributed by atoms with Crippen LogP contribution in [-0.4, -0.2) is 87.6 Å². The predicted molar refractivity (Wildman–Crippen MR) is 245 cm³/mol. The third-order valence-electron chi connectivity index (χ3n) is 9.30. The Hall–Kier alpha value is -3.37. The van der Waals surface area contributed by atoms with E-state index in [9.17, 15) is 0 Å². The Bertz CT molecular complexity index is 3680. The van der Waals surface area contributed by atoms with Gasteiger partial charge in [0.05, 0.1) is 53.7 Å². The summed E-state index contributed by atoms with van der Waals surface area (Å²) >= 11 is 0. The number of nitrogens with zero attached hydrogens (tertiary/aromatic N) is 8. The third kappa shape index (κ3) is 16.1. The Morgan fingerprint density at radius 1 is 0.478 bits per heavy atom. The summed E-state index contributed by atoms with van der Waals surface area (Å²) in [6.45, 7) is 2.18. The molecule has 0 fully saturated rings. The van der Waals surface area contributed by atoms with Crippen molar-refractivity contribution in [2.75, 3.05) is 18.8 Å². The van der Waals surface area contributed by atoms with E-state index in [1.807, 2.05) is 72.8 Å². The molecule has 2 aliphatic rings. The zero-order valence-electron chi connectivity index (χ0n) is 38.6. The Morgan fingerprint density at radius 3 is 1.20 bits per heavy atom. The smallest absolute Gasteiger partial charge is 0.748 e. The van der Waals surface area contributed by atoms with Crippen molar-refractivity contribution in [2.24, 2.45) is 0 Å². The topological polar surface area (TPSA) is 277 Å². The van der Waals surface area contributed by atoms with Gasteiger partial charge in [-0.2, -0.15) is 0 Å². The monoisotopic (exact) mass is 1060 g/mol. The van der Waals surface area contributed by atoms with E-state index in [0.717, 1.165) is 79.4 Å². The first-order valence-electron chi connectivity index (χ1n) is 19.5. The first kappa shape index (κ1) is 59.9. The van der Waals surface area contributed by atoms with Gasteiger partial charge in [0.2, 0.25) is 0 Å². The van der Waals surface area contributed by atoms with Gasteiger partial charge in [-0.05, 0) is 56.9 Å². The maximum Gasteiger partial charge on any atom is 2.00 e. The molecule has 17 nitrogen and oxygen atoms in total. The van der Waals surface area contributed by atoms with E-state index in [1.165, 1.54) is 0 Å². The Morgan fingerprint density at radius 2 is 0.826 bits per heavy atom. The van der Waals surface area contributed by atoms with Gasteiger partial charge in [0.15, 0.2) is 0 Å². The molecule has 0 saturated carbocycles. The van der Waals surface area contributed by atoms with Gasteiger partial charge in [0, 0.05) is 75.6 Å². The third-order valence-corrected chi connectivity index (χ3v) is 9.30. The quantitative estimate of drug-likeness (QED) is 0.0738. The van der Waals surface area contributed by atoms with E-state index in [-0.39, 0.29) is 108 Å². The Balaban J connectivity index is 0.000000584. The van der Waals surface area contributed by atoms with E-state index < -0.39 is 30.4 Å². The number of hydrogen-bond acceptors (Lipinski definition) is 15. The molecule has 0 unspecified atom stereocenters. The van der Waals surface area contributed by atoms with Crippen LogP contribution in [0.4, 0.5) is 0 Å². The molecule has 10 rings (SSSR count). The molecule has 8 aromatic rings. The van der Waals surface area contributed by atoms with E-state index in [4.69, 9.17) is 78.8 Å². The first-order valence-corrected chi connectivity index (χ1v) is 24.9. The Kier molecular flexibility index (Phi) is 22.0. The van der Waals surface area contributed by atoms with Crippen LogP contribution in [0.3, 0.4) is 0 Å². The van der Waals surface area contributed by atoms with Crippen LogP contribution in [0.2, 0.25) is 0 Å². The van der Waals surface area contributed by atoms with Crippen LogP contribution < -0.4 is 98.6 Å². The Labute approximate surface area is 477 Å². The molecule has 5 aromatic carbocycles. The second kappa shape index (κ2) is 25.3. The summed E-state index contributed by atoms with van der Waals surface area (Å²) in [5.41, 5.74) is 6.63. The largest absolute Gasteiger partial charge is 2.00 e.